The molecule has 1 aromatic heterocycles. The summed E-state index contributed by atoms with van der Waals surface area (Å²) >= 11 is 14.9. The fraction of sp³-hybridized carbons (Fsp3) is 0.474. The summed E-state index contributed by atoms with van der Waals surface area (Å²) in [5.74, 6) is -0.0680. The Morgan fingerprint density at radius 2 is 1.86 bits per heavy atom. The first-order valence-electron chi connectivity index (χ1n) is 9.44. The van der Waals surface area contributed by atoms with Crippen molar-refractivity contribution in [3.63, 3.8) is 0 Å². The van der Waals surface area contributed by atoms with Crippen LogP contribution in [0.3, 0.4) is 0 Å². The number of carbonyl (C=O) groups is 1. The minimum Gasteiger partial charge on any atom is -0.382 e. The van der Waals surface area contributed by atoms with Gasteiger partial charge in [-0.2, -0.15) is 0 Å². The average Bonchev–Trinajstić information content (AvgIpc) is 3.02. The quantitative estimate of drug-likeness (QED) is 0.413. The minimum absolute atomic E-state index is 0.217. The number of ketones is 1. The lowest BCUT2D eigenvalue weighted by molar-refractivity contribution is 0.0455. The van der Waals surface area contributed by atoms with E-state index in [9.17, 15) is 4.79 Å². The lowest BCUT2D eigenvalue weighted by atomic mass is 9.96. The Kier molecular flexibility index (Phi) is 8.46. The van der Waals surface area contributed by atoms with Crippen molar-refractivity contribution in [3.05, 3.63) is 38.7 Å². The number of ether oxygens (including phenoxy) is 1. The third-order valence-corrected chi connectivity index (χ3v) is 7.07. The number of rotatable bonds is 5. The number of benzene rings is 1. The van der Waals surface area contributed by atoms with E-state index in [1.165, 1.54) is 42.5 Å². The number of halogens is 2. The Hall–Kier alpha value is -1.03. The van der Waals surface area contributed by atoms with Crippen molar-refractivity contribution >= 4 is 63.2 Å². The molecule has 29 heavy (non-hydrogen) atoms. The van der Waals surface area contributed by atoms with Crippen LogP contribution in [0.15, 0.2) is 18.2 Å². The van der Waals surface area contributed by atoms with E-state index in [4.69, 9.17) is 38.8 Å². The highest BCUT2D eigenvalue weighted by atomic mass is 35.5. The van der Waals surface area contributed by atoms with Gasteiger partial charge in [0.15, 0.2) is 5.13 Å². The SMILES string of the molecule is NSC1COC1.Nc1nc(NC2CCCCC2)sc1C(=O)c1c(Cl)cccc1Cl. The van der Waals surface area contributed by atoms with Gasteiger partial charge in [-0.25, -0.2) is 4.98 Å². The summed E-state index contributed by atoms with van der Waals surface area (Å²) in [6.45, 7) is 1.70. The molecule has 2 fully saturated rings. The first-order chi connectivity index (χ1) is 14.0. The van der Waals surface area contributed by atoms with Gasteiger partial charge in [-0.1, -0.05) is 71.8 Å². The zero-order valence-corrected chi connectivity index (χ0v) is 19.0. The predicted octanol–water partition coefficient (Wildman–Crippen LogP) is 5.00. The van der Waals surface area contributed by atoms with Crippen molar-refractivity contribution in [2.45, 2.75) is 43.4 Å². The van der Waals surface area contributed by atoms with E-state index in [-0.39, 0.29) is 17.2 Å². The van der Waals surface area contributed by atoms with Crippen LogP contribution in [0.1, 0.15) is 47.3 Å². The molecule has 0 spiro atoms. The number of nitrogens with one attached hydrogen (secondary N) is 1. The molecule has 6 nitrogen and oxygen atoms in total. The summed E-state index contributed by atoms with van der Waals surface area (Å²) < 4.78 is 4.82. The number of carbonyl (C=O) groups excluding carboxylic acids is 1. The monoisotopic (exact) mass is 474 g/mol. The smallest absolute Gasteiger partial charge is 0.209 e. The van der Waals surface area contributed by atoms with Crippen molar-refractivity contribution in [3.8, 4) is 0 Å². The van der Waals surface area contributed by atoms with E-state index >= 15 is 0 Å². The molecule has 10 heteroatoms. The van der Waals surface area contributed by atoms with Gasteiger partial charge in [0.1, 0.15) is 10.7 Å². The summed E-state index contributed by atoms with van der Waals surface area (Å²) in [7, 11) is 0. The van der Waals surface area contributed by atoms with Gasteiger partial charge in [0.25, 0.3) is 0 Å². The number of nitrogen functional groups attached to an aromatic ring is 1. The first-order valence-corrected chi connectivity index (χ1v) is 12.0. The molecule has 0 bridgehead atoms. The van der Waals surface area contributed by atoms with Crippen LogP contribution < -0.4 is 16.2 Å². The summed E-state index contributed by atoms with van der Waals surface area (Å²) in [6.07, 6.45) is 5.98. The van der Waals surface area contributed by atoms with E-state index in [0.717, 1.165) is 26.1 Å². The Morgan fingerprint density at radius 3 is 2.38 bits per heavy atom. The number of thiazole rings is 1. The Morgan fingerprint density at radius 1 is 1.21 bits per heavy atom. The van der Waals surface area contributed by atoms with Crippen molar-refractivity contribution in [1.29, 1.82) is 0 Å². The second-order valence-electron chi connectivity index (χ2n) is 6.93. The topological polar surface area (TPSA) is 103 Å². The van der Waals surface area contributed by atoms with Crippen LogP contribution in [0.2, 0.25) is 10.0 Å². The largest absolute Gasteiger partial charge is 0.382 e. The van der Waals surface area contributed by atoms with E-state index < -0.39 is 0 Å². The number of nitrogens with zero attached hydrogens (tertiary/aromatic N) is 1. The van der Waals surface area contributed by atoms with Crippen molar-refractivity contribution in [1.82, 2.24) is 4.98 Å². The zero-order valence-electron chi connectivity index (χ0n) is 15.8. The van der Waals surface area contributed by atoms with Gasteiger partial charge in [-0.3, -0.25) is 9.93 Å². The van der Waals surface area contributed by atoms with Crippen LogP contribution in [0, 0.1) is 0 Å². The fourth-order valence-corrected chi connectivity index (χ4v) is 4.93. The molecule has 1 aromatic carbocycles. The van der Waals surface area contributed by atoms with Crippen molar-refractivity contribution in [2.24, 2.45) is 5.14 Å². The molecule has 0 atom stereocenters. The van der Waals surface area contributed by atoms with Crippen LogP contribution >= 0.6 is 46.5 Å². The summed E-state index contributed by atoms with van der Waals surface area (Å²) in [5, 5.41) is 10.5. The highest BCUT2D eigenvalue weighted by Gasteiger charge is 2.23. The second-order valence-corrected chi connectivity index (χ2v) is 9.69. The Labute approximate surface area is 188 Å². The summed E-state index contributed by atoms with van der Waals surface area (Å²) in [4.78, 5) is 17.4. The van der Waals surface area contributed by atoms with Gasteiger partial charge >= 0.3 is 0 Å². The minimum atomic E-state index is -0.285. The van der Waals surface area contributed by atoms with Crippen LogP contribution in [0.5, 0.6) is 0 Å². The molecule has 2 heterocycles. The average molecular weight is 475 g/mol. The van der Waals surface area contributed by atoms with Gasteiger partial charge in [-0.15, -0.1) is 0 Å². The predicted molar refractivity (Wildman–Crippen MR) is 123 cm³/mol. The summed E-state index contributed by atoms with van der Waals surface area (Å²) in [5.41, 5.74) is 6.21. The lowest BCUT2D eigenvalue weighted by Gasteiger charge is -2.22. The van der Waals surface area contributed by atoms with Gasteiger partial charge in [0.05, 0.1) is 34.1 Å². The molecule has 2 aromatic rings. The fourth-order valence-electron chi connectivity index (χ4n) is 3.10. The number of hydrogen-bond donors (Lipinski definition) is 3. The molecule has 158 valence electrons. The molecule has 0 unspecified atom stereocenters. The maximum Gasteiger partial charge on any atom is 0.209 e. The Balaban J connectivity index is 0.000000343. The molecule has 2 aliphatic rings. The molecule has 5 N–H and O–H groups in total. The van der Waals surface area contributed by atoms with E-state index in [0.29, 0.717) is 31.3 Å². The third-order valence-electron chi connectivity index (χ3n) is 4.78. The normalized spacial score (nSPS) is 17.2. The third kappa shape index (κ3) is 5.99. The van der Waals surface area contributed by atoms with E-state index in [1.807, 2.05) is 0 Å². The standard InChI is InChI=1S/C16H17Cl2N3OS.C3H7NOS/c17-10-7-4-8-11(18)12(10)13(22)14-15(19)21-16(23-14)20-9-5-2-1-3-6-9;4-6-3-1-5-2-3/h4,7-9H,1-3,5-6,19H2,(H,20,21);3H,1-2,4H2. The van der Waals surface area contributed by atoms with E-state index in [2.05, 4.69) is 10.3 Å². The molecular weight excluding hydrogens is 451 g/mol. The van der Waals surface area contributed by atoms with Gasteiger partial charge in [0.2, 0.25) is 5.78 Å². The molecule has 1 saturated heterocycles. The van der Waals surface area contributed by atoms with Crippen LogP contribution in [-0.4, -0.2) is 35.3 Å². The number of nitrogens with two attached hydrogens (primary N) is 2. The molecule has 1 aliphatic carbocycles. The van der Waals surface area contributed by atoms with Crippen LogP contribution in [-0.2, 0) is 4.74 Å². The van der Waals surface area contributed by atoms with Gasteiger partial charge < -0.3 is 15.8 Å². The van der Waals surface area contributed by atoms with Crippen molar-refractivity contribution in [2.75, 3.05) is 24.3 Å². The van der Waals surface area contributed by atoms with Gasteiger partial charge in [0, 0.05) is 6.04 Å². The van der Waals surface area contributed by atoms with Gasteiger partial charge in [-0.05, 0) is 25.0 Å². The zero-order chi connectivity index (χ0) is 20.8. The van der Waals surface area contributed by atoms with Crippen LogP contribution in [0.4, 0.5) is 10.9 Å². The van der Waals surface area contributed by atoms with Crippen LogP contribution in [0.25, 0.3) is 0 Å². The Bertz CT molecular complexity index is 817. The molecule has 4 rings (SSSR count). The summed E-state index contributed by atoms with van der Waals surface area (Å²) in [6, 6.07) is 5.38. The number of aromatic nitrogens is 1. The molecule has 0 amide bonds. The lowest BCUT2D eigenvalue weighted by Crippen LogP contribution is -2.31. The van der Waals surface area contributed by atoms with Crippen molar-refractivity contribution < 1.29 is 9.53 Å². The maximum absolute atomic E-state index is 12.7. The molecular formula is C19H24Cl2N4O2S2. The molecule has 0 radical (unpaired) electrons. The second kappa shape index (κ2) is 10.8. The first kappa shape index (κ1) is 22.7. The van der Waals surface area contributed by atoms with E-state index in [1.54, 1.807) is 18.2 Å². The highest BCUT2D eigenvalue weighted by molar-refractivity contribution is 7.97. The number of hydrogen-bond acceptors (Lipinski definition) is 8. The highest BCUT2D eigenvalue weighted by Crippen LogP contribution is 2.33. The number of anilines is 2. The maximum atomic E-state index is 12.7. The molecule has 1 saturated carbocycles. The molecule has 1 aliphatic heterocycles.